The Morgan fingerprint density at radius 3 is 2.89 bits per heavy atom. The van der Waals surface area contributed by atoms with Gasteiger partial charge in [0.2, 0.25) is 5.91 Å². The second kappa shape index (κ2) is 5.17. The molecule has 1 aliphatic heterocycles. The van der Waals surface area contributed by atoms with Crippen molar-refractivity contribution in [2.75, 3.05) is 18.0 Å². The van der Waals surface area contributed by atoms with E-state index in [-0.39, 0.29) is 23.3 Å². The van der Waals surface area contributed by atoms with Crippen LogP contribution in [0.25, 0.3) is 0 Å². The summed E-state index contributed by atoms with van der Waals surface area (Å²) in [5, 5.41) is 2.89. The summed E-state index contributed by atoms with van der Waals surface area (Å²) in [6.07, 6.45) is 0.547. The molecule has 19 heavy (non-hydrogen) atoms. The van der Waals surface area contributed by atoms with E-state index in [9.17, 15) is 9.18 Å². The predicted octanol–water partition coefficient (Wildman–Crippen LogP) is 1.26. The van der Waals surface area contributed by atoms with Gasteiger partial charge in [-0.15, -0.1) is 0 Å². The van der Waals surface area contributed by atoms with Crippen LogP contribution in [0.4, 0.5) is 10.1 Å². The molecular weight excluding hydrogens is 245 g/mol. The number of amides is 1. The molecule has 2 rings (SSSR count). The van der Waals surface area contributed by atoms with Crippen molar-refractivity contribution in [3.8, 4) is 0 Å². The van der Waals surface area contributed by atoms with E-state index in [2.05, 4.69) is 5.32 Å². The molecule has 1 fully saturated rings. The number of benzene rings is 1. The summed E-state index contributed by atoms with van der Waals surface area (Å²) in [6.45, 7) is 5.01. The molecule has 4 nitrogen and oxygen atoms in total. The Labute approximate surface area is 112 Å². The van der Waals surface area contributed by atoms with Crippen LogP contribution in [0.1, 0.15) is 20.3 Å². The third kappa shape index (κ3) is 2.71. The van der Waals surface area contributed by atoms with Gasteiger partial charge in [-0.1, -0.05) is 6.07 Å². The lowest BCUT2D eigenvalue weighted by Gasteiger charge is -2.48. The number of anilines is 1. The van der Waals surface area contributed by atoms with Crippen molar-refractivity contribution in [3.05, 3.63) is 30.1 Å². The second-order valence-corrected chi connectivity index (χ2v) is 5.47. The monoisotopic (exact) mass is 265 g/mol. The molecule has 5 heteroatoms. The highest BCUT2D eigenvalue weighted by Gasteiger charge is 2.40. The van der Waals surface area contributed by atoms with Crippen LogP contribution in [-0.4, -0.2) is 30.6 Å². The lowest BCUT2D eigenvalue weighted by molar-refractivity contribution is -0.124. The van der Waals surface area contributed by atoms with E-state index in [0.717, 1.165) is 5.69 Å². The van der Waals surface area contributed by atoms with E-state index in [4.69, 9.17) is 5.73 Å². The normalized spacial score (nSPS) is 22.2. The van der Waals surface area contributed by atoms with Crippen molar-refractivity contribution in [1.82, 2.24) is 5.32 Å². The zero-order valence-corrected chi connectivity index (χ0v) is 11.3. The molecule has 0 aromatic heterocycles. The summed E-state index contributed by atoms with van der Waals surface area (Å²) >= 11 is 0. The molecule has 0 bridgehead atoms. The highest BCUT2D eigenvalue weighted by molar-refractivity contribution is 5.87. The minimum Gasteiger partial charge on any atom is -0.352 e. The van der Waals surface area contributed by atoms with Gasteiger partial charge in [0.15, 0.2) is 0 Å². The Morgan fingerprint density at radius 2 is 2.26 bits per heavy atom. The summed E-state index contributed by atoms with van der Waals surface area (Å²) in [5.74, 6) is -0.347. The fourth-order valence-electron chi connectivity index (χ4n) is 2.62. The molecule has 1 heterocycles. The van der Waals surface area contributed by atoms with Gasteiger partial charge in [-0.25, -0.2) is 4.39 Å². The molecule has 0 radical (unpaired) electrons. The zero-order chi connectivity index (χ0) is 14.0. The molecule has 0 aliphatic carbocycles. The topological polar surface area (TPSA) is 58.4 Å². The van der Waals surface area contributed by atoms with Crippen LogP contribution >= 0.6 is 0 Å². The number of piperazine rings is 1. The molecule has 1 saturated heterocycles. The number of hydrogen-bond acceptors (Lipinski definition) is 3. The predicted molar refractivity (Wildman–Crippen MR) is 73.4 cm³/mol. The van der Waals surface area contributed by atoms with Crippen LogP contribution < -0.4 is 16.0 Å². The Hall–Kier alpha value is -1.62. The van der Waals surface area contributed by atoms with Gasteiger partial charge in [0.25, 0.3) is 0 Å². The first-order chi connectivity index (χ1) is 8.95. The van der Waals surface area contributed by atoms with Crippen molar-refractivity contribution < 1.29 is 9.18 Å². The third-order valence-corrected chi connectivity index (χ3v) is 3.49. The van der Waals surface area contributed by atoms with E-state index in [1.165, 1.54) is 12.1 Å². The summed E-state index contributed by atoms with van der Waals surface area (Å²) in [5.41, 5.74) is 6.04. The highest BCUT2D eigenvalue weighted by atomic mass is 19.1. The molecule has 0 saturated carbocycles. The molecule has 1 atom stereocenters. The van der Waals surface area contributed by atoms with Crippen LogP contribution in [0, 0.1) is 5.82 Å². The molecule has 1 amide bonds. The summed E-state index contributed by atoms with van der Waals surface area (Å²) in [6, 6.07) is 6.00. The Kier molecular flexibility index (Phi) is 3.75. The fourth-order valence-corrected chi connectivity index (χ4v) is 2.62. The van der Waals surface area contributed by atoms with E-state index in [0.29, 0.717) is 19.5 Å². The Balaban J connectivity index is 2.42. The number of halogens is 1. The van der Waals surface area contributed by atoms with E-state index in [1.807, 2.05) is 24.8 Å². The molecule has 1 aromatic carbocycles. The van der Waals surface area contributed by atoms with Crippen LogP contribution in [0.2, 0.25) is 0 Å². The number of hydrogen-bond donors (Lipinski definition) is 2. The molecule has 104 valence electrons. The van der Waals surface area contributed by atoms with Gasteiger partial charge in [0.1, 0.15) is 11.9 Å². The number of nitrogens with two attached hydrogens (primary N) is 1. The van der Waals surface area contributed by atoms with Crippen molar-refractivity contribution in [1.29, 1.82) is 0 Å². The molecule has 1 unspecified atom stereocenters. The maximum Gasteiger partial charge on any atom is 0.242 e. The Bertz CT molecular complexity index is 476. The van der Waals surface area contributed by atoms with Crippen LogP contribution in [0.15, 0.2) is 24.3 Å². The molecule has 3 N–H and O–H groups in total. The van der Waals surface area contributed by atoms with E-state index in [1.54, 1.807) is 6.07 Å². The van der Waals surface area contributed by atoms with Crippen molar-refractivity contribution >= 4 is 11.6 Å². The first kappa shape index (κ1) is 13.8. The minimum atomic E-state index is -0.351. The molecule has 1 aliphatic rings. The number of carbonyl (C=O) groups excluding carboxylic acids is 1. The SMILES string of the molecule is CC1(C)CNC(=O)C(CCN)N1c1cccc(F)c1. The molecule has 1 aromatic rings. The average Bonchev–Trinajstić information content (AvgIpc) is 2.34. The van der Waals surface area contributed by atoms with E-state index < -0.39 is 0 Å². The number of nitrogens with one attached hydrogen (secondary N) is 1. The lowest BCUT2D eigenvalue weighted by atomic mass is 9.93. The van der Waals surface area contributed by atoms with Gasteiger partial charge in [-0.2, -0.15) is 0 Å². The number of carbonyl (C=O) groups is 1. The van der Waals surface area contributed by atoms with Gasteiger partial charge in [0, 0.05) is 12.2 Å². The van der Waals surface area contributed by atoms with Crippen molar-refractivity contribution in [3.63, 3.8) is 0 Å². The largest absolute Gasteiger partial charge is 0.352 e. The minimum absolute atomic E-state index is 0.0472. The average molecular weight is 265 g/mol. The van der Waals surface area contributed by atoms with Gasteiger partial charge in [0.05, 0.1) is 5.54 Å². The van der Waals surface area contributed by atoms with Crippen molar-refractivity contribution in [2.24, 2.45) is 5.73 Å². The smallest absolute Gasteiger partial charge is 0.242 e. The number of nitrogens with zero attached hydrogens (tertiary/aromatic N) is 1. The zero-order valence-electron chi connectivity index (χ0n) is 11.3. The van der Waals surface area contributed by atoms with Gasteiger partial charge in [-0.05, 0) is 45.0 Å². The first-order valence-electron chi connectivity index (χ1n) is 6.48. The number of rotatable bonds is 3. The van der Waals surface area contributed by atoms with Crippen LogP contribution in [-0.2, 0) is 4.79 Å². The second-order valence-electron chi connectivity index (χ2n) is 5.47. The summed E-state index contributed by atoms with van der Waals surface area (Å²) in [4.78, 5) is 14.0. The van der Waals surface area contributed by atoms with E-state index >= 15 is 0 Å². The fraction of sp³-hybridized carbons (Fsp3) is 0.500. The highest BCUT2D eigenvalue weighted by Crippen LogP contribution is 2.30. The van der Waals surface area contributed by atoms with Gasteiger partial charge >= 0.3 is 0 Å². The van der Waals surface area contributed by atoms with Crippen LogP contribution in [0.3, 0.4) is 0 Å². The maximum atomic E-state index is 13.4. The molecule has 0 spiro atoms. The standard InChI is InChI=1S/C14H20FN3O/c1-14(2)9-17-13(19)12(6-7-16)18(14)11-5-3-4-10(15)8-11/h3-5,8,12H,6-7,9,16H2,1-2H3,(H,17,19). The quantitative estimate of drug-likeness (QED) is 0.865. The van der Waals surface area contributed by atoms with Crippen LogP contribution in [0.5, 0.6) is 0 Å². The lowest BCUT2D eigenvalue weighted by Crippen LogP contribution is -2.66. The summed E-state index contributed by atoms with van der Waals surface area (Å²) < 4.78 is 13.4. The van der Waals surface area contributed by atoms with Gasteiger partial charge in [-0.3, -0.25) is 4.79 Å². The third-order valence-electron chi connectivity index (χ3n) is 3.49. The summed E-state index contributed by atoms with van der Waals surface area (Å²) in [7, 11) is 0. The van der Waals surface area contributed by atoms with Gasteiger partial charge < -0.3 is 16.0 Å². The maximum absolute atomic E-state index is 13.4. The first-order valence-corrected chi connectivity index (χ1v) is 6.48. The molecular formula is C14H20FN3O. The van der Waals surface area contributed by atoms with Crippen molar-refractivity contribution in [2.45, 2.75) is 31.8 Å². The Morgan fingerprint density at radius 1 is 1.53 bits per heavy atom.